The number of ether oxygens (including phenoxy) is 1. The number of hydrogen-bond donors (Lipinski definition) is 1. The van der Waals surface area contributed by atoms with E-state index in [0.717, 1.165) is 6.07 Å². The molecule has 0 unspecified atom stereocenters. The van der Waals surface area contributed by atoms with Crippen molar-refractivity contribution in [2.24, 2.45) is 0 Å². The van der Waals surface area contributed by atoms with Gasteiger partial charge in [0.25, 0.3) is 6.43 Å². The van der Waals surface area contributed by atoms with E-state index in [1.165, 1.54) is 22.6 Å². The summed E-state index contributed by atoms with van der Waals surface area (Å²) in [6, 6.07) is 0.718. The number of hydrogen-bond acceptors (Lipinski definition) is 3. The van der Waals surface area contributed by atoms with Crippen molar-refractivity contribution in [1.82, 2.24) is 4.98 Å². The molecular weight excluding hydrogens is 352 g/mol. The topological polar surface area (TPSA) is 42.4 Å². The third kappa shape index (κ3) is 3.32. The van der Waals surface area contributed by atoms with Crippen LogP contribution in [-0.2, 0) is 0 Å². The predicted molar refractivity (Wildman–Crippen MR) is 50.3 cm³/mol. The maximum Gasteiger partial charge on any atom is 0.574 e. The van der Waals surface area contributed by atoms with Crippen molar-refractivity contribution in [2.75, 3.05) is 0 Å². The molecule has 0 bridgehead atoms. The number of alkyl halides is 5. The Morgan fingerprint density at radius 2 is 1.94 bits per heavy atom. The van der Waals surface area contributed by atoms with Crippen LogP contribution in [0.15, 0.2) is 6.07 Å². The standard InChI is InChI=1S/C7H3F5INO2/c8-5(9)4-3(15)1-2(13)6(14-4)16-7(10,11)12/h1,5,15H. The number of pyridine rings is 1. The molecule has 0 amide bonds. The number of halogens is 6. The quantitative estimate of drug-likeness (QED) is 0.655. The van der Waals surface area contributed by atoms with Gasteiger partial charge in [0.2, 0.25) is 5.88 Å². The summed E-state index contributed by atoms with van der Waals surface area (Å²) in [5.41, 5.74) is -1.15. The van der Waals surface area contributed by atoms with Crippen molar-refractivity contribution < 1.29 is 31.8 Å². The normalized spacial score (nSPS) is 11.9. The van der Waals surface area contributed by atoms with Gasteiger partial charge in [-0.1, -0.05) is 0 Å². The van der Waals surface area contributed by atoms with Crippen LogP contribution < -0.4 is 4.74 Å². The average molecular weight is 355 g/mol. The molecule has 0 radical (unpaired) electrons. The van der Waals surface area contributed by atoms with Gasteiger partial charge in [-0.05, 0) is 22.6 Å². The van der Waals surface area contributed by atoms with Crippen LogP contribution in [-0.4, -0.2) is 16.5 Å². The van der Waals surface area contributed by atoms with Crippen LogP contribution in [0.3, 0.4) is 0 Å². The summed E-state index contributed by atoms with van der Waals surface area (Å²) < 4.78 is 63.1. The molecule has 0 aliphatic carbocycles. The first kappa shape index (κ1) is 13.2. The van der Waals surface area contributed by atoms with Crippen molar-refractivity contribution in [1.29, 1.82) is 0 Å². The molecule has 0 saturated carbocycles. The highest BCUT2D eigenvalue weighted by Crippen LogP contribution is 2.33. The van der Waals surface area contributed by atoms with Crippen LogP contribution in [0.1, 0.15) is 12.1 Å². The molecule has 0 saturated heterocycles. The first-order valence-corrected chi connectivity index (χ1v) is 4.72. The van der Waals surface area contributed by atoms with Gasteiger partial charge in [-0.25, -0.2) is 13.8 Å². The lowest BCUT2D eigenvalue weighted by Crippen LogP contribution is -2.19. The summed E-state index contributed by atoms with van der Waals surface area (Å²) in [6.45, 7) is 0. The molecule has 0 aliphatic heterocycles. The van der Waals surface area contributed by atoms with Crippen molar-refractivity contribution in [2.45, 2.75) is 12.8 Å². The fourth-order valence-electron chi connectivity index (χ4n) is 0.818. The predicted octanol–water partition coefficient (Wildman–Crippen LogP) is 3.23. The van der Waals surface area contributed by atoms with E-state index in [1.807, 2.05) is 0 Å². The Morgan fingerprint density at radius 3 is 2.38 bits per heavy atom. The molecule has 0 atom stereocenters. The van der Waals surface area contributed by atoms with Gasteiger partial charge in [0.05, 0.1) is 3.57 Å². The van der Waals surface area contributed by atoms with Gasteiger partial charge in [-0.3, -0.25) is 0 Å². The van der Waals surface area contributed by atoms with Crippen molar-refractivity contribution >= 4 is 22.6 Å². The smallest absolute Gasteiger partial charge is 0.506 e. The molecule has 16 heavy (non-hydrogen) atoms. The van der Waals surface area contributed by atoms with E-state index >= 15 is 0 Å². The van der Waals surface area contributed by atoms with Crippen molar-refractivity contribution in [3.8, 4) is 11.6 Å². The Balaban J connectivity index is 3.15. The van der Waals surface area contributed by atoms with E-state index in [-0.39, 0.29) is 3.57 Å². The van der Waals surface area contributed by atoms with Crippen LogP contribution in [0.2, 0.25) is 0 Å². The second kappa shape index (κ2) is 4.55. The third-order valence-electron chi connectivity index (χ3n) is 1.37. The Labute approximate surface area is 99.4 Å². The zero-order valence-electron chi connectivity index (χ0n) is 7.23. The Morgan fingerprint density at radius 1 is 1.38 bits per heavy atom. The summed E-state index contributed by atoms with van der Waals surface area (Å²) in [5.74, 6) is -1.89. The van der Waals surface area contributed by atoms with Gasteiger partial charge in [-0.2, -0.15) is 0 Å². The largest absolute Gasteiger partial charge is 0.574 e. The fraction of sp³-hybridized carbons (Fsp3) is 0.286. The monoisotopic (exact) mass is 355 g/mol. The highest BCUT2D eigenvalue weighted by Gasteiger charge is 2.33. The SMILES string of the molecule is Oc1cc(I)c(OC(F)(F)F)nc1C(F)F. The van der Waals surface area contributed by atoms with Crippen LogP contribution in [0.25, 0.3) is 0 Å². The second-order valence-electron chi connectivity index (χ2n) is 2.53. The molecule has 1 N–H and O–H groups in total. The lowest BCUT2D eigenvalue weighted by Gasteiger charge is -2.11. The first-order valence-electron chi connectivity index (χ1n) is 3.64. The van der Waals surface area contributed by atoms with E-state index in [4.69, 9.17) is 5.11 Å². The van der Waals surface area contributed by atoms with E-state index < -0.39 is 30.1 Å². The van der Waals surface area contributed by atoms with Crippen LogP contribution >= 0.6 is 22.6 Å². The molecule has 1 rings (SSSR count). The van der Waals surface area contributed by atoms with Gasteiger partial charge in [0.15, 0.2) is 5.69 Å². The number of nitrogens with zero attached hydrogens (tertiary/aromatic N) is 1. The van der Waals surface area contributed by atoms with Gasteiger partial charge in [0, 0.05) is 6.07 Å². The third-order valence-corrected chi connectivity index (χ3v) is 2.14. The highest BCUT2D eigenvalue weighted by molar-refractivity contribution is 14.1. The van der Waals surface area contributed by atoms with Crippen LogP contribution in [0, 0.1) is 3.57 Å². The fourth-order valence-corrected chi connectivity index (χ4v) is 1.34. The lowest BCUT2D eigenvalue weighted by molar-refractivity contribution is -0.276. The molecule has 1 aromatic rings. The van der Waals surface area contributed by atoms with Gasteiger partial charge < -0.3 is 9.84 Å². The zero-order valence-corrected chi connectivity index (χ0v) is 9.38. The molecule has 1 aromatic heterocycles. The summed E-state index contributed by atoms with van der Waals surface area (Å²) >= 11 is 1.37. The average Bonchev–Trinajstić information content (AvgIpc) is 2.07. The van der Waals surface area contributed by atoms with E-state index in [1.54, 1.807) is 0 Å². The molecule has 0 fully saturated rings. The summed E-state index contributed by atoms with van der Waals surface area (Å²) in [6.07, 6.45) is -8.21. The van der Waals surface area contributed by atoms with Gasteiger partial charge in [-0.15, -0.1) is 13.2 Å². The molecule has 3 nitrogen and oxygen atoms in total. The zero-order chi connectivity index (χ0) is 12.5. The maximum absolute atomic E-state index is 12.2. The van der Waals surface area contributed by atoms with Gasteiger partial charge >= 0.3 is 6.36 Å². The van der Waals surface area contributed by atoms with Gasteiger partial charge in [0.1, 0.15) is 5.75 Å². The number of aromatic hydroxyl groups is 1. The molecule has 90 valence electrons. The van der Waals surface area contributed by atoms with E-state index in [9.17, 15) is 22.0 Å². The lowest BCUT2D eigenvalue weighted by atomic mass is 10.3. The Hall–Kier alpha value is -0.870. The van der Waals surface area contributed by atoms with E-state index in [0.29, 0.717) is 0 Å². The molecular formula is C7H3F5INO2. The van der Waals surface area contributed by atoms with Crippen molar-refractivity contribution in [3.05, 3.63) is 15.3 Å². The molecule has 0 spiro atoms. The molecule has 0 aliphatic rings. The minimum atomic E-state index is -5.02. The highest BCUT2D eigenvalue weighted by atomic mass is 127. The minimum Gasteiger partial charge on any atom is -0.506 e. The maximum atomic E-state index is 12.2. The molecule has 1 heterocycles. The first-order chi connectivity index (χ1) is 7.20. The van der Waals surface area contributed by atoms with E-state index in [2.05, 4.69) is 9.72 Å². The number of rotatable bonds is 2. The summed E-state index contributed by atoms with van der Waals surface area (Å²) in [7, 11) is 0. The Bertz CT molecular complexity index is 395. The summed E-state index contributed by atoms with van der Waals surface area (Å²) in [4.78, 5) is 2.91. The molecule has 0 aromatic carbocycles. The summed E-state index contributed by atoms with van der Waals surface area (Å²) in [5, 5.41) is 9.00. The van der Waals surface area contributed by atoms with Crippen molar-refractivity contribution in [3.63, 3.8) is 0 Å². The van der Waals surface area contributed by atoms with Crippen LogP contribution in [0.4, 0.5) is 22.0 Å². The number of aromatic nitrogens is 1. The second-order valence-corrected chi connectivity index (χ2v) is 3.69. The minimum absolute atomic E-state index is 0.225. The van der Waals surface area contributed by atoms with Crippen LogP contribution in [0.5, 0.6) is 11.6 Å². The Kier molecular flexibility index (Phi) is 3.76. The molecule has 9 heteroatoms.